The Balaban J connectivity index is 2.25. The molecule has 0 unspecified atom stereocenters. The van der Waals surface area contributed by atoms with Crippen molar-refractivity contribution >= 4 is 11.5 Å². The molecule has 3 aromatic heterocycles. The van der Waals surface area contributed by atoms with Gasteiger partial charge in [0.1, 0.15) is 11.5 Å². The van der Waals surface area contributed by atoms with Gasteiger partial charge < -0.3 is 5.32 Å². The predicted molar refractivity (Wildman–Crippen MR) is 78.6 cm³/mol. The Bertz CT molecular complexity index is 746. The second kappa shape index (κ2) is 4.33. The number of fused-ring (bicyclic) bond motifs is 1. The van der Waals surface area contributed by atoms with Crippen molar-refractivity contribution in [1.82, 2.24) is 24.1 Å². The summed E-state index contributed by atoms with van der Waals surface area (Å²) in [5.41, 5.74) is 2.61. The first-order valence-electron chi connectivity index (χ1n) is 6.54. The molecule has 0 aliphatic heterocycles. The smallest absolute Gasteiger partial charge is 0.157 e. The molecule has 3 rings (SSSR count). The van der Waals surface area contributed by atoms with E-state index in [-0.39, 0.29) is 5.54 Å². The summed E-state index contributed by atoms with van der Waals surface area (Å²) in [6, 6.07) is 1.96. The van der Waals surface area contributed by atoms with E-state index in [1.54, 1.807) is 18.6 Å². The third kappa shape index (κ3) is 2.13. The molecule has 3 aromatic rings. The Kier molecular flexibility index (Phi) is 2.74. The summed E-state index contributed by atoms with van der Waals surface area (Å²) in [6.07, 6.45) is 7.21. The molecule has 6 heteroatoms. The van der Waals surface area contributed by atoms with Gasteiger partial charge >= 0.3 is 0 Å². The largest absolute Gasteiger partial charge is 0.365 e. The summed E-state index contributed by atoms with van der Waals surface area (Å²) in [7, 11) is 1.92. The van der Waals surface area contributed by atoms with Gasteiger partial charge in [-0.2, -0.15) is 5.10 Å². The molecule has 1 N–H and O–H groups in total. The van der Waals surface area contributed by atoms with Gasteiger partial charge in [0.2, 0.25) is 0 Å². The number of imidazole rings is 1. The van der Waals surface area contributed by atoms with Crippen molar-refractivity contribution in [2.24, 2.45) is 7.05 Å². The lowest BCUT2D eigenvalue weighted by molar-refractivity contribution is 0.629. The van der Waals surface area contributed by atoms with Gasteiger partial charge in [0, 0.05) is 31.2 Å². The van der Waals surface area contributed by atoms with Crippen LogP contribution in [0.3, 0.4) is 0 Å². The van der Waals surface area contributed by atoms with Crippen molar-refractivity contribution in [1.29, 1.82) is 0 Å². The van der Waals surface area contributed by atoms with Crippen LogP contribution in [0.4, 0.5) is 5.82 Å². The fourth-order valence-corrected chi connectivity index (χ4v) is 2.17. The van der Waals surface area contributed by atoms with Gasteiger partial charge in [-0.1, -0.05) is 0 Å². The minimum atomic E-state index is -0.0629. The molecule has 0 aliphatic carbocycles. The third-order valence-electron chi connectivity index (χ3n) is 2.99. The highest BCUT2D eigenvalue weighted by atomic mass is 15.3. The van der Waals surface area contributed by atoms with E-state index in [1.807, 2.05) is 28.4 Å². The average molecular weight is 270 g/mol. The van der Waals surface area contributed by atoms with Gasteiger partial charge in [-0.15, -0.1) is 0 Å². The third-order valence-corrected chi connectivity index (χ3v) is 2.99. The van der Waals surface area contributed by atoms with E-state index in [2.05, 4.69) is 41.2 Å². The molecular weight excluding hydrogens is 252 g/mol. The van der Waals surface area contributed by atoms with Crippen molar-refractivity contribution in [2.45, 2.75) is 26.3 Å². The molecule has 6 nitrogen and oxygen atoms in total. The predicted octanol–water partition coefficient (Wildman–Crippen LogP) is 2.34. The number of anilines is 1. The number of aryl methyl sites for hydroxylation is 1. The first-order chi connectivity index (χ1) is 9.46. The van der Waals surface area contributed by atoms with E-state index < -0.39 is 0 Å². The molecule has 0 saturated heterocycles. The number of hydrogen-bond donors (Lipinski definition) is 1. The number of nitrogens with zero attached hydrogens (tertiary/aromatic N) is 5. The lowest BCUT2D eigenvalue weighted by Crippen LogP contribution is -2.27. The van der Waals surface area contributed by atoms with Crippen molar-refractivity contribution in [3.05, 3.63) is 30.9 Å². The number of aromatic nitrogens is 5. The van der Waals surface area contributed by atoms with Crippen LogP contribution in [-0.2, 0) is 7.05 Å². The quantitative estimate of drug-likeness (QED) is 0.776. The molecule has 0 saturated carbocycles. The van der Waals surface area contributed by atoms with Gasteiger partial charge in [0.05, 0.1) is 11.9 Å². The number of nitrogens with one attached hydrogen (secondary N) is 1. The van der Waals surface area contributed by atoms with E-state index in [0.29, 0.717) is 0 Å². The van der Waals surface area contributed by atoms with E-state index in [1.165, 1.54) is 0 Å². The zero-order valence-corrected chi connectivity index (χ0v) is 12.1. The number of rotatable bonds is 2. The highest BCUT2D eigenvalue weighted by Crippen LogP contribution is 2.29. The van der Waals surface area contributed by atoms with Crippen molar-refractivity contribution in [3.8, 4) is 11.4 Å². The Hall–Kier alpha value is -2.37. The van der Waals surface area contributed by atoms with E-state index in [9.17, 15) is 0 Å². The van der Waals surface area contributed by atoms with Crippen molar-refractivity contribution in [3.63, 3.8) is 0 Å². The SMILES string of the molecule is Cn1nccc1-c1nc2cnccn2c1NC(C)(C)C. The molecule has 0 aliphatic rings. The van der Waals surface area contributed by atoms with E-state index in [4.69, 9.17) is 0 Å². The first kappa shape index (κ1) is 12.7. The molecule has 0 amide bonds. The highest BCUT2D eigenvalue weighted by Gasteiger charge is 2.20. The minimum absolute atomic E-state index is 0.0629. The number of hydrogen-bond acceptors (Lipinski definition) is 4. The van der Waals surface area contributed by atoms with Crippen LogP contribution >= 0.6 is 0 Å². The monoisotopic (exact) mass is 270 g/mol. The molecule has 104 valence electrons. The molecule has 0 bridgehead atoms. The van der Waals surface area contributed by atoms with Gasteiger partial charge in [-0.05, 0) is 26.8 Å². The Labute approximate surface area is 117 Å². The van der Waals surface area contributed by atoms with Crippen LogP contribution in [0.25, 0.3) is 17.0 Å². The lowest BCUT2D eigenvalue weighted by atomic mass is 10.1. The van der Waals surface area contributed by atoms with E-state index in [0.717, 1.165) is 22.9 Å². The van der Waals surface area contributed by atoms with Crippen LogP contribution in [0.15, 0.2) is 30.9 Å². The van der Waals surface area contributed by atoms with Crippen molar-refractivity contribution < 1.29 is 0 Å². The van der Waals surface area contributed by atoms with Gasteiger partial charge in [0.25, 0.3) is 0 Å². The molecular formula is C14H18N6. The molecule has 0 spiro atoms. The van der Waals surface area contributed by atoms with Gasteiger partial charge in [-0.3, -0.25) is 14.1 Å². The normalized spacial score (nSPS) is 12.0. The lowest BCUT2D eigenvalue weighted by Gasteiger charge is -2.22. The maximum Gasteiger partial charge on any atom is 0.157 e. The van der Waals surface area contributed by atoms with Crippen LogP contribution in [0.1, 0.15) is 20.8 Å². The zero-order chi connectivity index (χ0) is 14.3. The summed E-state index contributed by atoms with van der Waals surface area (Å²) < 4.78 is 3.84. The second-order valence-electron chi connectivity index (χ2n) is 5.83. The van der Waals surface area contributed by atoms with Crippen LogP contribution in [0, 0.1) is 0 Å². The topological polar surface area (TPSA) is 60.0 Å². The molecule has 20 heavy (non-hydrogen) atoms. The summed E-state index contributed by atoms with van der Waals surface area (Å²) in [4.78, 5) is 8.81. The second-order valence-corrected chi connectivity index (χ2v) is 5.83. The Morgan fingerprint density at radius 1 is 1.20 bits per heavy atom. The summed E-state index contributed by atoms with van der Waals surface area (Å²) in [5, 5.41) is 7.74. The molecule has 0 radical (unpaired) electrons. The molecule has 0 fully saturated rings. The minimum Gasteiger partial charge on any atom is -0.365 e. The van der Waals surface area contributed by atoms with Gasteiger partial charge in [0.15, 0.2) is 5.65 Å². The Morgan fingerprint density at radius 2 is 2.00 bits per heavy atom. The van der Waals surface area contributed by atoms with Crippen LogP contribution in [0.2, 0.25) is 0 Å². The standard InChI is InChI=1S/C14H18N6/c1-14(2,3)18-13-12(10-5-6-16-19(10)4)17-11-9-15-7-8-20(11)13/h5-9,18H,1-4H3. The van der Waals surface area contributed by atoms with Gasteiger partial charge in [-0.25, -0.2) is 4.98 Å². The fourth-order valence-electron chi connectivity index (χ4n) is 2.17. The van der Waals surface area contributed by atoms with Crippen molar-refractivity contribution in [2.75, 3.05) is 5.32 Å². The van der Waals surface area contributed by atoms with Crippen LogP contribution in [0.5, 0.6) is 0 Å². The van der Waals surface area contributed by atoms with Crippen LogP contribution < -0.4 is 5.32 Å². The maximum absolute atomic E-state index is 4.68. The summed E-state index contributed by atoms with van der Waals surface area (Å²) in [6.45, 7) is 6.38. The molecule has 0 atom stereocenters. The molecule has 3 heterocycles. The first-order valence-corrected chi connectivity index (χ1v) is 6.54. The summed E-state index contributed by atoms with van der Waals surface area (Å²) in [5.74, 6) is 0.957. The zero-order valence-electron chi connectivity index (χ0n) is 12.1. The average Bonchev–Trinajstić information content (AvgIpc) is 2.92. The Morgan fingerprint density at radius 3 is 2.65 bits per heavy atom. The fraction of sp³-hybridized carbons (Fsp3) is 0.357. The van der Waals surface area contributed by atoms with E-state index >= 15 is 0 Å². The highest BCUT2D eigenvalue weighted by molar-refractivity contribution is 5.74. The molecule has 0 aromatic carbocycles. The maximum atomic E-state index is 4.68. The summed E-state index contributed by atoms with van der Waals surface area (Å²) >= 11 is 0. The van der Waals surface area contributed by atoms with Crippen LogP contribution in [-0.4, -0.2) is 29.7 Å².